The van der Waals surface area contributed by atoms with Crippen LogP contribution in [-0.2, 0) is 0 Å². The van der Waals surface area contributed by atoms with Gasteiger partial charge in [-0.05, 0) is 49.4 Å². The second-order valence-corrected chi connectivity index (χ2v) is 7.29. The van der Waals surface area contributed by atoms with Crippen LogP contribution in [0.2, 0.25) is 0 Å². The lowest BCUT2D eigenvalue weighted by molar-refractivity contribution is 0.169. The largest absolute Gasteiger partial charge is 0.369 e. The Morgan fingerprint density at radius 2 is 1.90 bits per heavy atom. The van der Waals surface area contributed by atoms with Crippen molar-refractivity contribution >= 4 is 5.69 Å². The monoisotopic (exact) mass is 287 g/mol. The molecule has 2 heterocycles. The molecule has 1 N–H and O–H groups in total. The normalized spacial score (nSPS) is 27.3. The van der Waals surface area contributed by atoms with Crippen LogP contribution in [0.5, 0.6) is 0 Å². The van der Waals surface area contributed by atoms with Crippen LogP contribution in [0.4, 0.5) is 5.69 Å². The van der Waals surface area contributed by atoms with E-state index in [1.807, 2.05) is 0 Å². The Hall–Kier alpha value is -1.06. The minimum atomic E-state index is 0.488. The van der Waals surface area contributed by atoms with Gasteiger partial charge in [-0.2, -0.15) is 0 Å². The van der Waals surface area contributed by atoms with Gasteiger partial charge in [0.2, 0.25) is 0 Å². The van der Waals surface area contributed by atoms with Gasteiger partial charge in [0.05, 0.1) is 0 Å². The quantitative estimate of drug-likeness (QED) is 0.921. The maximum absolute atomic E-state index is 3.51. The summed E-state index contributed by atoms with van der Waals surface area (Å²) < 4.78 is 0. The Labute approximate surface area is 129 Å². The summed E-state index contributed by atoms with van der Waals surface area (Å²) in [5.74, 6) is 0. The number of hydrogen-bond donors (Lipinski definition) is 1. The zero-order valence-electron chi connectivity index (χ0n) is 13.8. The molecule has 3 heteroatoms. The zero-order chi connectivity index (χ0) is 14.9. The van der Waals surface area contributed by atoms with E-state index in [2.05, 4.69) is 54.1 Å². The Kier molecular flexibility index (Phi) is 4.23. The molecule has 0 amide bonds. The zero-order valence-corrected chi connectivity index (χ0v) is 13.8. The van der Waals surface area contributed by atoms with Crippen molar-refractivity contribution in [2.75, 3.05) is 50.7 Å². The number of nitrogens with one attached hydrogen (secondary N) is 1. The first-order valence-electron chi connectivity index (χ1n) is 8.31. The fourth-order valence-electron chi connectivity index (χ4n) is 3.75. The number of hydrogen-bond acceptors (Lipinski definition) is 3. The smallest absolute Gasteiger partial charge is 0.0399 e. The Balaban J connectivity index is 1.58. The summed E-state index contributed by atoms with van der Waals surface area (Å²) in [7, 11) is 0. The summed E-state index contributed by atoms with van der Waals surface area (Å²) in [6, 6.07) is 6.80. The number of benzene rings is 1. The molecule has 0 aliphatic carbocycles. The van der Waals surface area contributed by atoms with E-state index in [0.717, 1.165) is 13.1 Å². The first kappa shape index (κ1) is 14.9. The maximum Gasteiger partial charge on any atom is 0.0399 e. The molecule has 3 nitrogen and oxygen atoms in total. The molecule has 0 spiro atoms. The summed E-state index contributed by atoms with van der Waals surface area (Å²) in [4.78, 5) is 5.22. The third-order valence-corrected chi connectivity index (χ3v) is 5.14. The van der Waals surface area contributed by atoms with Crippen LogP contribution in [0.1, 0.15) is 24.5 Å². The molecule has 0 radical (unpaired) electrons. The van der Waals surface area contributed by atoms with Gasteiger partial charge in [-0.3, -0.25) is 4.90 Å². The number of nitrogens with zero attached hydrogens (tertiary/aromatic N) is 2. The van der Waals surface area contributed by atoms with Gasteiger partial charge >= 0.3 is 0 Å². The van der Waals surface area contributed by atoms with Gasteiger partial charge in [-0.25, -0.2) is 0 Å². The molecule has 0 saturated carbocycles. The van der Waals surface area contributed by atoms with Gasteiger partial charge in [-0.1, -0.05) is 19.1 Å². The molecule has 3 rings (SSSR count). The van der Waals surface area contributed by atoms with Crippen LogP contribution >= 0.6 is 0 Å². The second-order valence-electron chi connectivity index (χ2n) is 7.29. The van der Waals surface area contributed by atoms with Crippen molar-refractivity contribution in [2.45, 2.75) is 27.2 Å². The first-order valence-corrected chi connectivity index (χ1v) is 8.31. The lowest BCUT2D eigenvalue weighted by Gasteiger charge is -2.40. The van der Waals surface area contributed by atoms with Crippen molar-refractivity contribution in [3.8, 4) is 0 Å². The van der Waals surface area contributed by atoms with Crippen molar-refractivity contribution in [3.05, 3.63) is 29.3 Å². The fraction of sp³-hybridized carbons (Fsp3) is 0.667. The van der Waals surface area contributed by atoms with Crippen molar-refractivity contribution < 1.29 is 0 Å². The third kappa shape index (κ3) is 3.41. The summed E-state index contributed by atoms with van der Waals surface area (Å²) in [5.41, 5.74) is 4.69. The topological polar surface area (TPSA) is 18.5 Å². The standard InChI is InChI=1S/C18H29N3/c1-15-4-5-16(2)17(12-15)21-10-8-20(9-11-21)14-18(3)6-7-19-13-18/h4-5,12,19H,6-11,13-14H2,1-3H3. The Morgan fingerprint density at radius 1 is 1.14 bits per heavy atom. The van der Waals surface area contributed by atoms with E-state index in [9.17, 15) is 0 Å². The predicted molar refractivity (Wildman–Crippen MR) is 90.2 cm³/mol. The molecule has 2 fully saturated rings. The third-order valence-electron chi connectivity index (χ3n) is 5.14. The molecule has 1 unspecified atom stereocenters. The average Bonchev–Trinajstić information content (AvgIpc) is 2.89. The highest BCUT2D eigenvalue weighted by atomic mass is 15.3. The molecule has 1 atom stereocenters. The summed E-state index contributed by atoms with van der Waals surface area (Å²) in [5, 5.41) is 3.51. The summed E-state index contributed by atoms with van der Waals surface area (Å²) in [6.07, 6.45) is 1.32. The van der Waals surface area contributed by atoms with Crippen LogP contribution in [0.25, 0.3) is 0 Å². The molecule has 0 bridgehead atoms. The highest BCUT2D eigenvalue weighted by Gasteiger charge is 2.31. The second kappa shape index (κ2) is 5.98. The summed E-state index contributed by atoms with van der Waals surface area (Å²) in [6.45, 7) is 15.2. The molecular weight excluding hydrogens is 258 g/mol. The van der Waals surface area contributed by atoms with Gasteiger partial charge in [0.25, 0.3) is 0 Å². The number of aryl methyl sites for hydroxylation is 2. The van der Waals surface area contributed by atoms with Crippen molar-refractivity contribution in [3.63, 3.8) is 0 Å². The van der Waals surface area contributed by atoms with Gasteiger partial charge < -0.3 is 10.2 Å². The predicted octanol–water partition coefficient (Wildman–Crippen LogP) is 2.43. The molecule has 0 aromatic heterocycles. The molecule has 116 valence electrons. The van der Waals surface area contributed by atoms with E-state index >= 15 is 0 Å². The first-order chi connectivity index (χ1) is 10.1. The Bertz CT molecular complexity index is 483. The van der Waals surface area contributed by atoms with Crippen molar-refractivity contribution in [2.24, 2.45) is 5.41 Å². The molecular formula is C18H29N3. The van der Waals surface area contributed by atoms with E-state index in [1.165, 1.54) is 56.0 Å². The van der Waals surface area contributed by atoms with Crippen LogP contribution in [-0.4, -0.2) is 50.7 Å². The van der Waals surface area contributed by atoms with Crippen molar-refractivity contribution in [1.82, 2.24) is 10.2 Å². The van der Waals surface area contributed by atoms with Gasteiger partial charge in [0.15, 0.2) is 0 Å². The lowest BCUT2D eigenvalue weighted by atomic mass is 9.89. The van der Waals surface area contributed by atoms with E-state index in [1.54, 1.807) is 0 Å². The number of rotatable bonds is 3. The minimum Gasteiger partial charge on any atom is -0.369 e. The Morgan fingerprint density at radius 3 is 2.57 bits per heavy atom. The van der Waals surface area contributed by atoms with Gasteiger partial charge in [0, 0.05) is 45.0 Å². The molecule has 2 aliphatic heterocycles. The highest BCUT2D eigenvalue weighted by molar-refractivity contribution is 5.55. The van der Waals surface area contributed by atoms with E-state index in [4.69, 9.17) is 0 Å². The van der Waals surface area contributed by atoms with Crippen LogP contribution in [0.3, 0.4) is 0 Å². The van der Waals surface area contributed by atoms with E-state index < -0.39 is 0 Å². The molecule has 1 aromatic rings. The van der Waals surface area contributed by atoms with Crippen LogP contribution < -0.4 is 10.2 Å². The van der Waals surface area contributed by atoms with Gasteiger partial charge in [-0.15, -0.1) is 0 Å². The molecule has 2 aliphatic rings. The number of piperazine rings is 1. The molecule has 2 saturated heterocycles. The molecule has 1 aromatic carbocycles. The van der Waals surface area contributed by atoms with E-state index in [0.29, 0.717) is 5.41 Å². The maximum atomic E-state index is 3.51. The average molecular weight is 287 g/mol. The van der Waals surface area contributed by atoms with Crippen molar-refractivity contribution in [1.29, 1.82) is 0 Å². The van der Waals surface area contributed by atoms with Crippen LogP contribution in [0, 0.1) is 19.3 Å². The van der Waals surface area contributed by atoms with Crippen LogP contribution in [0.15, 0.2) is 18.2 Å². The lowest BCUT2D eigenvalue weighted by Crippen LogP contribution is -2.50. The minimum absolute atomic E-state index is 0.488. The fourth-order valence-corrected chi connectivity index (χ4v) is 3.75. The molecule has 21 heavy (non-hydrogen) atoms. The van der Waals surface area contributed by atoms with E-state index in [-0.39, 0.29) is 0 Å². The van der Waals surface area contributed by atoms with Gasteiger partial charge in [0.1, 0.15) is 0 Å². The highest BCUT2D eigenvalue weighted by Crippen LogP contribution is 2.27. The SMILES string of the molecule is Cc1ccc(C)c(N2CCN(CC3(C)CCNC3)CC2)c1. The summed E-state index contributed by atoms with van der Waals surface area (Å²) >= 11 is 0. The number of anilines is 1.